The fraction of sp³-hybridized carbons (Fsp3) is 0.375. The Labute approximate surface area is 145 Å². The van der Waals surface area contributed by atoms with Crippen LogP contribution >= 0.6 is 23.4 Å². The number of aryl methyl sites for hydroxylation is 1. The first-order valence-electron chi connectivity index (χ1n) is 7.22. The Morgan fingerprint density at radius 1 is 1.43 bits per heavy atom. The van der Waals surface area contributed by atoms with E-state index in [2.05, 4.69) is 14.9 Å². The maximum absolute atomic E-state index is 12.1. The lowest BCUT2D eigenvalue weighted by Crippen LogP contribution is -2.15. The molecule has 0 radical (unpaired) electrons. The highest BCUT2D eigenvalue weighted by atomic mass is 35.5. The van der Waals surface area contributed by atoms with E-state index in [1.807, 2.05) is 19.9 Å². The molecule has 1 amide bonds. The molecule has 1 N–H and O–H groups in total. The molecule has 0 saturated carbocycles. The molecule has 0 aliphatic heterocycles. The number of benzene rings is 1. The summed E-state index contributed by atoms with van der Waals surface area (Å²) in [6.07, 6.45) is 0. The highest BCUT2D eigenvalue weighted by Gasteiger charge is 2.13. The zero-order valence-corrected chi connectivity index (χ0v) is 15.0. The third-order valence-electron chi connectivity index (χ3n) is 3.38. The zero-order valence-electron chi connectivity index (χ0n) is 13.4. The van der Waals surface area contributed by atoms with Crippen LogP contribution in [0.25, 0.3) is 0 Å². The lowest BCUT2D eigenvalue weighted by atomic mass is 10.3. The molecule has 5 nitrogen and oxygen atoms in total. The first-order valence-corrected chi connectivity index (χ1v) is 8.58. The van der Waals surface area contributed by atoms with E-state index in [0.29, 0.717) is 17.3 Å². The predicted molar refractivity (Wildman–Crippen MR) is 94.4 cm³/mol. The van der Waals surface area contributed by atoms with Gasteiger partial charge in [0.15, 0.2) is 5.16 Å². The number of nitrogens with one attached hydrogen (secondary N) is 1. The Balaban J connectivity index is 1.97. The molecular formula is C16H20ClN3O2S. The molecular weight excluding hydrogens is 334 g/mol. The summed E-state index contributed by atoms with van der Waals surface area (Å²) >= 11 is 7.32. The number of methoxy groups -OCH3 is 1. The average Bonchev–Trinajstić information content (AvgIpc) is 2.78. The van der Waals surface area contributed by atoms with Crippen LogP contribution in [-0.2, 0) is 16.1 Å². The van der Waals surface area contributed by atoms with Crippen LogP contribution in [0.15, 0.2) is 29.4 Å². The maximum Gasteiger partial charge on any atom is 0.234 e. The summed E-state index contributed by atoms with van der Waals surface area (Å²) in [6, 6.07) is 7.10. The van der Waals surface area contributed by atoms with Gasteiger partial charge < -0.3 is 14.6 Å². The minimum atomic E-state index is -0.0890. The number of thioether (sulfide) groups is 1. The van der Waals surface area contributed by atoms with Gasteiger partial charge in [-0.1, -0.05) is 29.4 Å². The van der Waals surface area contributed by atoms with Gasteiger partial charge >= 0.3 is 0 Å². The van der Waals surface area contributed by atoms with Crippen molar-refractivity contribution in [3.8, 4) is 0 Å². The number of imidazole rings is 1. The maximum atomic E-state index is 12.1. The number of hydrogen-bond acceptors (Lipinski definition) is 4. The van der Waals surface area contributed by atoms with Gasteiger partial charge in [0.25, 0.3) is 0 Å². The third kappa shape index (κ3) is 4.99. The molecule has 0 bridgehead atoms. The monoisotopic (exact) mass is 353 g/mol. The van der Waals surface area contributed by atoms with E-state index in [0.717, 1.165) is 23.1 Å². The molecule has 124 valence electrons. The molecule has 1 aromatic heterocycles. The summed E-state index contributed by atoms with van der Waals surface area (Å²) in [4.78, 5) is 16.6. The predicted octanol–water partition coefficient (Wildman–Crippen LogP) is 3.53. The van der Waals surface area contributed by atoms with Crippen LogP contribution in [0.2, 0.25) is 5.02 Å². The smallest absolute Gasteiger partial charge is 0.234 e. The molecule has 2 rings (SSSR count). The summed E-state index contributed by atoms with van der Waals surface area (Å²) in [6.45, 7) is 5.32. The number of carbonyl (C=O) groups excluding carboxylic acids is 1. The topological polar surface area (TPSA) is 56.1 Å². The van der Waals surface area contributed by atoms with Crippen molar-refractivity contribution in [1.82, 2.24) is 9.55 Å². The van der Waals surface area contributed by atoms with E-state index in [1.165, 1.54) is 11.8 Å². The van der Waals surface area contributed by atoms with Crippen LogP contribution in [0.1, 0.15) is 11.4 Å². The fourth-order valence-corrected chi connectivity index (χ4v) is 3.18. The van der Waals surface area contributed by atoms with Crippen LogP contribution in [0.3, 0.4) is 0 Å². The SMILES string of the molecule is COCCn1c(SCC(=O)Nc2cccc(Cl)c2)nc(C)c1C. The summed E-state index contributed by atoms with van der Waals surface area (Å²) in [7, 11) is 1.67. The lowest BCUT2D eigenvalue weighted by Gasteiger charge is -2.09. The van der Waals surface area contributed by atoms with Crippen molar-refractivity contribution >= 4 is 35.0 Å². The molecule has 1 aromatic carbocycles. The molecule has 0 unspecified atom stereocenters. The first-order chi connectivity index (χ1) is 11.0. The van der Waals surface area contributed by atoms with Gasteiger partial charge in [0, 0.05) is 30.1 Å². The number of ether oxygens (including phenoxy) is 1. The minimum absolute atomic E-state index is 0.0890. The molecule has 2 aromatic rings. The molecule has 7 heteroatoms. The average molecular weight is 354 g/mol. The molecule has 0 saturated heterocycles. The van der Waals surface area contributed by atoms with E-state index >= 15 is 0 Å². The summed E-state index contributed by atoms with van der Waals surface area (Å²) in [5, 5.41) is 4.26. The molecule has 1 heterocycles. The van der Waals surface area contributed by atoms with Gasteiger partial charge in [-0.3, -0.25) is 4.79 Å². The van der Waals surface area contributed by atoms with Crippen molar-refractivity contribution in [1.29, 1.82) is 0 Å². The highest BCUT2D eigenvalue weighted by molar-refractivity contribution is 7.99. The van der Waals surface area contributed by atoms with E-state index in [9.17, 15) is 4.79 Å². The Morgan fingerprint density at radius 3 is 2.91 bits per heavy atom. The second-order valence-electron chi connectivity index (χ2n) is 5.06. The number of halogens is 1. The van der Waals surface area contributed by atoms with Crippen molar-refractivity contribution in [3.05, 3.63) is 40.7 Å². The van der Waals surface area contributed by atoms with Crippen LogP contribution in [0.5, 0.6) is 0 Å². The second kappa shape index (κ2) is 8.38. The van der Waals surface area contributed by atoms with Crippen molar-refractivity contribution in [2.24, 2.45) is 0 Å². The van der Waals surface area contributed by atoms with E-state index < -0.39 is 0 Å². The highest BCUT2D eigenvalue weighted by Crippen LogP contribution is 2.22. The van der Waals surface area contributed by atoms with Crippen LogP contribution in [-0.4, -0.2) is 34.9 Å². The standard InChI is InChI=1S/C16H20ClN3O2S/c1-11-12(2)20(7-8-22-3)16(18-11)23-10-15(21)19-14-6-4-5-13(17)9-14/h4-6,9H,7-8,10H2,1-3H3,(H,19,21). The van der Waals surface area contributed by atoms with Gasteiger partial charge in [0.1, 0.15) is 0 Å². The number of rotatable bonds is 7. The summed E-state index contributed by atoms with van der Waals surface area (Å²) in [5.41, 5.74) is 2.76. The van der Waals surface area contributed by atoms with Gasteiger partial charge in [-0.15, -0.1) is 0 Å². The number of nitrogens with zero attached hydrogens (tertiary/aromatic N) is 2. The number of amides is 1. The summed E-state index contributed by atoms with van der Waals surface area (Å²) in [5.74, 6) is 0.198. The quantitative estimate of drug-likeness (QED) is 0.774. The number of aromatic nitrogens is 2. The largest absolute Gasteiger partial charge is 0.383 e. The van der Waals surface area contributed by atoms with Crippen molar-refractivity contribution in [2.45, 2.75) is 25.5 Å². The first kappa shape index (κ1) is 17.8. The lowest BCUT2D eigenvalue weighted by molar-refractivity contribution is -0.113. The number of hydrogen-bond donors (Lipinski definition) is 1. The Morgan fingerprint density at radius 2 is 2.22 bits per heavy atom. The molecule has 0 spiro atoms. The Kier molecular flexibility index (Phi) is 6.50. The van der Waals surface area contributed by atoms with Gasteiger partial charge in [0.2, 0.25) is 5.91 Å². The molecule has 0 aliphatic rings. The fourth-order valence-electron chi connectivity index (χ4n) is 2.07. The van der Waals surface area contributed by atoms with Crippen LogP contribution < -0.4 is 5.32 Å². The molecule has 0 atom stereocenters. The van der Waals surface area contributed by atoms with Crippen molar-refractivity contribution in [3.63, 3.8) is 0 Å². The van der Waals surface area contributed by atoms with Crippen molar-refractivity contribution < 1.29 is 9.53 Å². The number of anilines is 1. The second-order valence-corrected chi connectivity index (χ2v) is 6.44. The summed E-state index contributed by atoms with van der Waals surface area (Å²) < 4.78 is 7.21. The molecule has 0 aliphatic carbocycles. The minimum Gasteiger partial charge on any atom is -0.383 e. The molecule has 0 fully saturated rings. The Bertz CT molecular complexity index is 688. The van der Waals surface area contributed by atoms with E-state index in [1.54, 1.807) is 25.3 Å². The molecule has 23 heavy (non-hydrogen) atoms. The van der Waals surface area contributed by atoms with Crippen LogP contribution in [0.4, 0.5) is 5.69 Å². The van der Waals surface area contributed by atoms with Gasteiger partial charge in [-0.2, -0.15) is 0 Å². The third-order valence-corrected chi connectivity index (χ3v) is 4.59. The van der Waals surface area contributed by atoms with Crippen molar-refractivity contribution in [2.75, 3.05) is 24.8 Å². The normalized spacial score (nSPS) is 10.8. The Hall–Kier alpha value is -1.50. The van der Waals surface area contributed by atoms with Crippen LogP contribution in [0, 0.1) is 13.8 Å². The number of carbonyl (C=O) groups is 1. The van der Waals surface area contributed by atoms with Gasteiger partial charge in [-0.05, 0) is 32.0 Å². The van der Waals surface area contributed by atoms with Gasteiger partial charge in [-0.25, -0.2) is 4.98 Å². The van der Waals surface area contributed by atoms with Gasteiger partial charge in [0.05, 0.1) is 18.1 Å². The zero-order chi connectivity index (χ0) is 16.8. The van der Waals surface area contributed by atoms with E-state index in [4.69, 9.17) is 16.3 Å². The van der Waals surface area contributed by atoms with E-state index in [-0.39, 0.29) is 11.7 Å².